The lowest BCUT2D eigenvalue weighted by atomic mass is 9.73. The van der Waals surface area contributed by atoms with Crippen molar-refractivity contribution in [2.75, 3.05) is 20.6 Å². The summed E-state index contributed by atoms with van der Waals surface area (Å²) in [6.07, 6.45) is -2.05. The van der Waals surface area contributed by atoms with E-state index in [1.165, 1.54) is 0 Å². The molecule has 3 aliphatic rings. The van der Waals surface area contributed by atoms with Gasteiger partial charge < -0.3 is 49.1 Å². The van der Waals surface area contributed by atoms with E-state index in [1.807, 2.05) is 62.3 Å². The number of aromatic nitrogens is 1. The molecule has 0 bridgehead atoms. The molecular formula is C47H68N4O12. The predicted molar refractivity (Wildman–Crippen MR) is 234 cm³/mol. The molecule has 4 heterocycles. The Balaban J connectivity index is 1.61. The molecule has 0 unspecified atom stereocenters. The minimum Gasteiger partial charge on any atom is -0.461 e. The van der Waals surface area contributed by atoms with Crippen molar-refractivity contribution in [3.8, 4) is 0 Å². The Kier molecular flexibility index (Phi) is 16.0. The van der Waals surface area contributed by atoms with Crippen LogP contribution in [0.15, 0.2) is 42.6 Å². The molecule has 1 aromatic carbocycles. The smallest absolute Gasteiger partial charge is 0.408 e. The second kappa shape index (κ2) is 20.5. The van der Waals surface area contributed by atoms with Crippen molar-refractivity contribution in [2.24, 2.45) is 29.6 Å². The Hall–Kier alpha value is -4.64. The molecule has 0 aliphatic carbocycles. The van der Waals surface area contributed by atoms with Crippen LogP contribution in [-0.2, 0) is 42.8 Å². The number of pyridine rings is 1. The fraction of sp³-hybridized carbons (Fsp3) is 0.660. The third kappa shape index (κ3) is 11.0. The normalized spacial score (nSPS) is 35.7. The topological polar surface area (TPSA) is 201 Å². The number of para-hydroxylation sites is 1. The first kappa shape index (κ1) is 49.4. The maximum absolute atomic E-state index is 14.6. The lowest BCUT2D eigenvalue weighted by molar-refractivity contribution is -0.298. The number of fused-ring (bicyclic) bond motifs is 2. The Morgan fingerprint density at radius 3 is 2.43 bits per heavy atom. The first-order valence-corrected chi connectivity index (χ1v) is 22.2. The van der Waals surface area contributed by atoms with E-state index in [4.69, 9.17) is 28.4 Å². The molecule has 3 fully saturated rings. The van der Waals surface area contributed by atoms with E-state index in [0.717, 1.165) is 16.5 Å². The maximum atomic E-state index is 14.6. The van der Waals surface area contributed by atoms with Gasteiger partial charge in [-0.2, -0.15) is 0 Å². The largest absolute Gasteiger partial charge is 0.461 e. The van der Waals surface area contributed by atoms with Gasteiger partial charge in [-0.25, -0.2) is 9.59 Å². The average Bonchev–Trinajstić information content (AvgIpc) is 3.55. The summed E-state index contributed by atoms with van der Waals surface area (Å²) in [5.74, 6) is -6.09. The number of likely N-dealkylation sites (N-methyl/N-ethyl adjacent to an activating group) is 1. The van der Waals surface area contributed by atoms with Crippen LogP contribution in [-0.4, -0.2) is 126 Å². The summed E-state index contributed by atoms with van der Waals surface area (Å²) < 4.78 is 37.7. The van der Waals surface area contributed by atoms with Gasteiger partial charge in [0.05, 0.1) is 29.5 Å². The Morgan fingerprint density at radius 1 is 1.06 bits per heavy atom. The zero-order valence-corrected chi connectivity index (χ0v) is 38.8. The molecule has 0 spiro atoms. The molecule has 3 N–H and O–H groups in total. The lowest BCUT2D eigenvalue weighted by Gasteiger charge is -2.48. The summed E-state index contributed by atoms with van der Waals surface area (Å²) in [4.78, 5) is 75.9. The molecule has 5 rings (SSSR count). The summed E-state index contributed by atoms with van der Waals surface area (Å²) in [5, 5.41) is 18.3. The third-order valence-electron chi connectivity index (χ3n) is 13.0. The highest BCUT2D eigenvalue weighted by Gasteiger charge is 2.58. The number of carbonyl (C=O) groups is 5. The number of benzene rings is 1. The van der Waals surface area contributed by atoms with Crippen LogP contribution in [0.5, 0.6) is 0 Å². The molecule has 16 nitrogen and oxygen atoms in total. The third-order valence-corrected chi connectivity index (χ3v) is 13.0. The summed E-state index contributed by atoms with van der Waals surface area (Å²) >= 11 is 0. The highest BCUT2D eigenvalue weighted by atomic mass is 16.7. The molecule has 0 radical (unpaired) electrons. The molecule has 14 atom stereocenters. The van der Waals surface area contributed by atoms with Crippen molar-refractivity contribution in [1.82, 2.24) is 20.5 Å². The summed E-state index contributed by atoms with van der Waals surface area (Å²) in [6.45, 7) is 16.9. The van der Waals surface area contributed by atoms with Crippen LogP contribution in [0.4, 0.5) is 9.59 Å². The number of ketones is 1. The van der Waals surface area contributed by atoms with Crippen LogP contribution < -0.4 is 10.6 Å². The minimum absolute atomic E-state index is 0.0562. The molecule has 2 aromatic rings. The monoisotopic (exact) mass is 880 g/mol. The number of alkyl carbamates (subject to hydrolysis) is 2. The maximum Gasteiger partial charge on any atom is 0.408 e. The summed E-state index contributed by atoms with van der Waals surface area (Å²) in [6, 6.07) is 8.27. The molecule has 3 saturated heterocycles. The standard InChI is InChI=1S/C47H68N4O12/c1-13-35-47(10)39(50-45(57)63-47)28(6)36(52)26(4)24-46(9,62-44(56)49-21-16-17-31-20-22-48-33-19-15-14-18-32(31)33)40(61-43-37(53)34(51(11)12)23-27(5)58-43)29(7)38(30(8)42(55)59-35)60-41(54)25(2)3/h14-20,22,25-30,34-35,37-40,43,53H,13,21,23-24H2,1-12H3,(H,49,56)(H,50,57)/b17-16+/t26-,27-,28+,29+,30-,34+,35-,37-,38+,39-,40-,43+,46-,47-/m1/s1. The SMILES string of the molecule is CC[C@H]1OC(=O)[C@H](C)[C@@H](OC(=O)C(C)C)[C@H](C)[C@@H](O[C@@H]2O[C@H](C)C[C@H](N(C)C)[C@H]2O)[C@](C)(OC(=O)NC/C=C/c2ccnc3ccccc23)C[C@@H](C)C(=O)[C@H](C)[C@H]2NC(=O)O[C@@]21C. The molecule has 2 amide bonds. The number of aliphatic hydroxyl groups is 1. The number of nitrogens with one attached hydrogen (secondary N) is 2. The number of hydrogen-bond acceptors (Lipinski definition) is 14. The molecule has 3 aliphatic heterocycles. The molecule has 16 heteroatoms. The van der Waals surface area contributed by atoms with Gasteiger partial charge in [-0.3, -0.25) is 19.4 Å². The number of esters is 2. The average molecular weight is 881 g/mol. The van der Waals surface area contributed by atoms with Crippen LogP contribution in [0.3, 0.4) is 0 Å². The molecule has 348 valence electrons. The van der Waals surface area contributed by atoms with Gasteiger partial charge in [-0.05, 0) is 78.7 Å². The van der Waals surface area contributed by atoms with Crippen molar-refractivity contribution < 1.29 is 57.5 Å². The minimum atomic E-state index is -1.73. The second-order valence-electron chi connectivity index (χ2n) is 18.6. The number of amides is 2. The van der Waals surface area contributed by atoms with Crippen molar-refractivity contribution >= 4 is 46.9 Å². The van der Waals surface area contributed by atoms with E-state index in [9.17, 15) is 29.1 Å². The van der Waals surface area contributed by atoms with Crippen LogP contribution in [0, 0.1) is 29.6 Å². The van der Waals surface area contributed by atoms with Crippen molar-refractivity contribution in [2.45, 2.75) is 149 Å². The van der Waals surface area contributed by atoms with Gasteiger partial charge >= 0.3 is 24.1 Å². The second-order valence-corrected chi connectivity index (χ2v) is 18.6. The Morgan fingerprint density at radius 2 is 1.76 bits per heavy atom. The first-order chi connectivity index (χ1) is 29.6. The van der Waals surface area contributed by atoms with Gasteiger partial charge in [0.15, 0.2) is 11.9 Å². The molecule has 0 saturated carbocycles. The van der Waals surface area contributed by atoms with Gasteiger partial charge in [-0.1, -0.05) is 71.9 Å². The van der Waals surface area contributed by atoms with Crippen LogP contribution >= 0.6 is 0 Å². The van der Waals surface area contributed by atoms with Gasteiger partial charge in [0.1, 0.15) is 35.8 Å². The lowest BCUT2D eigenvalue weighted by Crippen LogP contribution is -2.61. The number of cyclic esters (lactones) is 1. The van der Waals surface area contributed by atoms with E-state index in [1.54, 1.807) is 74.6 Å². The number of Topliss-reactive ketones (excluding diaryl/α,β-unsaturated/α-hetero) is 1. The van der Waals surface area contributed by atoms with Crippen molar-refractivity contribution in [3.05, 3.63) is 48.2 Å². The number of ether oxygens (including phenoxy) is 6. The van der Waals surface area contributed by atoms with E-state index in [0.29, 0.717) is 6.42 Å². The fourth-order valence-electron chi connectivity index (χ4n) is 9.54. The van der Waals surface area contributed by atoms with Gasteiger partial charge in [-0.15, -0.1) is 0 Å². The van der Waals surface area contributed by atoms with Gasteiger partial charge in [0.25, 0.3) is 0 Å². The number of hydrogen-bond donors (Lipinski definition) is 3. The van der Waals surface area contributed by atoms with Crippen LogP contribution in [0.2, 0.25) is 0 Å². The zero-order chi connectivity index (χ0) is 46.6. The summed E-state index contributed by atoms with van der Waals surface area (Å²) in [7, 11) is 3.68. The molecule has 63 heavy (non-hydrogen) atoms. The van der Waals surface area contributed by atoms with E-state index in [2.05, 4.69) is 15.6 Å². The van der Waals surface area contributed by atoms with E-state index in [-0.39, 0.29) is 37.3 Å². The number of aliphatic hydroxyl groups excluding tert-OH is 1. The number of nitrogens with zero attached hydrogens (tertiary/aromatic N) is 2. The Labute approximate surface area is 371 Å². The predicted octanol–water partition coefficient (Wildman–Crippen LogP) is 5.82. The van der Waals surface area contributed by atoms with Crippen molar-refractivity contribution in [1.29, 1.82) is 0 Å². The first-order valence-electron chi connectivity index (χ1n) is 22.2. The summed E-state index contributed by atoms with van der Waals surface area (Å²) in [5.41, 5.74) is -1.47. The molecular weight excluding hydrogens is 813 g/mol. The van der Waals surface area contributed by atoms with E-state index < -0.39 is 102 Å². The number of carbonyl (C=O) groups excluding carboxylic acids is 5. The highest BCUT2D eigenvalue weighted by molar-refractivity contribution is 5.88. The number of rotatable bonds is 10. The Bertz CT molecular complexity index is 1990. The quantitative estimate of drug-likeness (QED) is 0.191. The van der Waals surface area contributed by atoms with Crippen LogP contribution in [0.1, 0.15) is 94.1 Å². The highest BCUT2D eigenvalue weighted by Crippen LogP contribution is 2.42. The molecule has 1 aromatic heterocycles. The van der Waals surface area contributed by atoms with Gasteiger partial charge in [0.2, 0.25) is 0 Å². The van der Waals surface area contributed by atoms with E-state index >= 15 is 0 Å². The fourth-order valence-corrected chi connectivity index (χ4v) is 9.54. The van der Waals surface area contributed by atoms with Gasteiger partial charge in [0, 0.05) is 41.9 Å². The van der Waals surface area contributed by atoms with Crippen LogP contribution in [0.25, 0.3) is 17.0 Å². The van der Waals surface area contributed by atoms with Crippen molar-refractivity contribution in [3.63, 3.8) is 0 Å². The zero-order valence-electron chi connectivity index (χ0n) is 38.8.